The molecule has 0 spiro atoms. The molecule has 2 aromatic rings. The minimum atomic E-state index is 0.0326. The lowest BCUT2D eigenvalue weighted by atomic mass is 9.88. The molecule has 0 unspecified atom stereocenters. The molecule has 0 saturated carbocycles. The lowest BCUT2D eigenvalue weighted by Crippen LogP contribution is -2.86. The van der Waals surface area contributed by atoms with E-state index >= 15 is 0 Å². The molecule has 4 nitrogen and oxygen atoms in total. The number of nitrogens with two attached hydrogens (primary N) is 1. The highest BCUT2D eigenvalue weighted by Gasteiger charge is 2.29. The lowest BCUT2D eigenvalue weighted by Gasteiger charge is -2.34. The van der Waals surface area contributed by atoms with E-state index in [-0.39, 0.29) is 11.5 Å². The highest BCUT2D eigenvalue weighted by molar-refractivity contribution is 5.39. The Labute approximate surface area is 156 Å². The number of furan rings is 1. The zero-order chi connectivity index (χ0) is 18.4. The van der Waals surface area contributed by atoms with E-state index in [1.807, 2.05) is 18.2 Å². The van der Waals surface area contributed by atoms with Gasteiger partial charge in [0.15, 0.2) is 0 Å². The summed E-state index contributed by atoms with van der Waals surface area (Å²) in [6.07, 6.45) is 5.11. The Bertz CT molecular complexity index is 666. The van der Waals surface area contributed by atoms with Gasteiger partial charge in [-0.15, -0.1) is 0 Å². The molecule has 2 N–H and O–H groups in total. The molecule has 2 heterocycles. The summed E-state index contributed by atoms with van der Waals surface area (Å²) in [5.74, 6) is 2.91. The molecule has 1 aromatic carbocycles. The second-order valence-corrected chi connectivity index (χ2v) is 7.88. The van der Waals surface area contributed by atoms with Crippen molar-refractivity contribution in [3.05, 3.63) is 54.0 Å². The number of ether oxygens (including phenoxy) is 2. The molecule has 1 aromatic heterocycles. The summed E-state index contributed by atoms with van der Waals surface area (Å²) in [4.78, 5) is 0. The van der Waals surface area contributed by atoms with E-state index in [1.54, 1.807) is 13.4 Å². The van der Waals surface area contributed by atoms with Crippen LogP contribution in [0.1, 0.15) is 50.4 Å². The molecule has 4 heteroatoms. The Morgan fingerprint density at radius 2 is 2.08 bits per heavy atom. The van der Waals surface area contributed by atoms with Crippen LogP contribution < -0.4 is 10.1 Å². The van der Waals surface area contributed by atoms with Crippen molar-refractivity contribution in [2.75, 3.05) is 26.8 Å². The van der Waals surface area contributed by atoms with Crippen molar-refractivity contribution in [1.29, 1.82) is 0 Å². The molecule has 1 aliphatic heterocycles. The maximum absolute atomic E-state index is 5.83. The van der Waals surface area contributed by atoms with Gasteiger partial charge in [-0.1, -0.05) is 18.2 Å². The topological polar surface area (TPSA) is 48.2 Å². The average Bonchev–Trinajstić information content (AvgIpc) is 3.15. The zero-order valence-electron chi connectivity index (χ0n) is 16.2. The first-order chi connectivity index (χ1) is 12.6. The van der Waals surface area contributed by atoms with Crippen LogP contribution in [0.15, 0.2) is 47.1 Å². The minimum absolute atomic E-state index is 0.0326. The van der Waals surface area contributed by atoms with Gasteiger partial charge in [0, 0.05) is 24.5 Å². The Morgan fingerprint density at radius 3 is 2.81 bits per heavy atom. The average molecular weight is 359 g/mol. The van der Waals surface area contributed by atoms with Crippen molar-refractivity contribution in [3.63, 3.8) is 0 Å². The number of quaternary nitrogens is 1. The number of para-hydroxylation sites is 1. The molecular weight excluding hydrogens is 326 g/mol. The summed E-state index contributed by atoms with van der Waals surface area (Å²) in [5.41, 5.74) is 1.23. The van der Waals surface area contributed by atoms with E-state index in [1.165, 1.54) is 18.5 Å². The van der Waals surface area contributed by atoms with Crippen LogP contribution in [0.3, 0.4) is 0 Å². The smallest absolute Gasteiger partial charge is 0.122 e. The third-order valence-electron chi connectivity index (χ3n) is 5.36. The molecule has 0 aliphatic carbocycles. The predicted octanol–water partition coefficient (Wildman–Crippen LogP) is 3.58. The standard InChI is InChI=1S/C22H31NO3/c1-22(2)15-17(11-14-26-22)16-23-12-10-19(21-9-6-13-25-21)18-7-4-5-8-20(18)24-3/h4-9,13,17,19,23H,10-12,14-16H2,1-3H3/p+1/t17-,19+/m1/s1. The largest absolute Gasteiger partial charge is 0.496 e. The van der Waals surface area contributed by atoms with E-state index in [4.69, 9.17) is 13.9 Å². The van der Waals surface area contributed by atoms with Gasteiger partial charge in [-0.3, -0.25) is 0 Å². The van der Waals surface area contributed by atoms with Crippen LogP contribution in [-0.2, 0) is 4.74 Å². The summed E-state index contributed by atoms with van der Waals surface area (Å²) in [6.45, 7) is 7.54. The van der Waals surface area contributed by atoms with Crippen LogP contribution in [0.4, 0.5) is 0 Å². The van der Waals surface area contributed by atoms with Gasteiger partial charge in [0.25, 0.3) is 0 Å². The van der Waals surface area contributed by atoms with Crippen molar-refractivity contribution in [3.8, 4) is 5.75 Å². The first-order valence-electron chi connectivity index (χ1n) is 9.71. The fourth-order valence-electron chi connectivity index (χ4n) is 4.09. The quantitative estimate of drug-likeness (QED) is 0.734. The van der Waals surface area contributed by atoms with E-state index < -0.39 is 0 Å². The summed E-state index contributed by atoms with van der Waals surface area (Å²) < 4.78 is 17.2. The molecule has 0 radical (unpaired) electrons. The van der Waals surface area contributed by atoms with E-state index in [2.05, 4.69) is 37.4 Å². The maximum Gasteiger partial charge on any atom is 0.122 e. The molecular formula is C22H32NO3+. The summed E-state index contributed by atoms with van der Waals surface area (Å²) in [5, 5.41) is 2.46. The summed E-state index contributed by atoms with van der Waals surface area (Å²) >= 11 is 0. The highest BCUT2D eigenvalue weighted by atomic mass is 16.5. The van der Waals surface area contributed by atoms with Crippen LogP contribution in [0.25, 0.3) is 0 Å². The maximum atomic E-state index is 5.83. The molecule has 26 heavy (non-hydrogen) atoms. The van der Waals surface area contributed by atoms with Crippen molar-refractivity contribution < 1.29 is 19.2 Å². The fraction of sp³-hybridized carbons (Fsp3) is 0.545. The third-order valence-corrected chi connectivity index (χ3v) is 5.36. The van der Waals surface area contributed by atoms with Crippen LogP contribution in [0.5, 0.6) is 5.75 Å². The van der Waals surface area contributed by atoms with Gasteiger partial charge in [0.1, 0.15) is 11.5 Å². The zero-order valence-corrected chi connectivity index (χ0v) is 16.2. The second kappa shape index (κ2) is 8.74. The van der Waals surface area contributed by atoms with Gasteiger partial charge in [0.2, 0.25) is 0 Å². The van der Waals surface area contributed by atoms with E-state index in [9.17, 15) is 0 Å². The normalized spacial score (nSPS) is 20.7. The lowest BCUT2D eigenvalue weighted by molar-refractivity contribution is -0.661. The molecule has 0 amide bonds. The Morgan fingerprint density at radius 1 is 1.23 bits per heavy atom. The van der Waals surface area contributed by atoms with Gasteiger partial charge < -0.3 is 19.2 Å². The van der Waals surface area contributed by atoms with Gasteiger partial charge in [-0.25, -0.2) is 0 Å². The molecule has 1 aliphatic rings. The van der Waals surface area contributed by atoms with Gasteiger partial charge >= 0.3 is 0 Å². The number of hydrogen-bond acceptors (Lipinski definition) is 3. The first kappa shape index (κ1) is 19.0. The Balaban J connectivity index is 1.59. The second-order valence-electron chi connectivity index (χ2n) is 7.88. The summed E-state index contributed by atoms with van der Waals surface area (Å²) in [6, 6.07) is 12.3. The van der Waals surface area contributed by atoms with Gasteiger partial charge in [-0.05, 0) is 44.9 Å². The van der Waals surface area contributed by atoms with Crippen LogP contribution in [-0.4, -0.2) is 32.4 Å². The van der Waals surface area contributed by atoms with Crippen LogP contribution in [0, 0.1) is 5.92 Å². The molecule has 0 bridgehead atoms. The van der Waals surface area contributed by atoms with Crippen molar-refractivity contribution in [1.82, 2.24) is 0 Å². The van der Waals surface area contributed by atoms with Crippen LogP contribution in [0.2, 0.25) is 0 Å². The van der Waals surface area contributed by atoms with Gasteiger partial charge in [-0.2, -0.15) is 0 Å². The SMILES string of the molecule is COc1ccccc1[C@H](CC[NH2+]C[C@@H]1CCOC(C)(C)C1)c1ccco1. The number of methoxy groups -OCH3 is 1. The Hall–Kier alpha value is -1.78. The molecule has 2 atom stereocenters. The van der Waals surface area contributed by atoms with Gasteiger partial charge in [0.05, 0.1) is 38.0 Å². The van der Waals surface area contributed by atoms with E-state index in [0.29, 0.717) is 0 Å². The molecule has 1 fully saturated rings. The number of hydrogen-bond donors (Lipinski definition) is 1. The first-order valence-corrected chi connectivity index (χ1v) is 9.71. The highest BCUT2D eigenvalue weighted by Crippen LogP contribution is 2.34. The molecule has 3 rings (SSSR count). The fourth-order valence-corrected chi connectivity index (χ4v) is 4.09. The minimum Gasteiger partial charge on any atom is -0.496 e. The summed E-state index contributed by atoms with van der Waals surface area (Å²) in [7, 11) is 1.73. The van der Waals surface area contributed by atoms with Crippen LogP contribution >= 0.6 is 0 Å². The number of benzene rings is 1. The van der Waals surface area contributed by atoms with Crippen molar-refractivity contribution >= 4 is 0 Å². The predicted molar refractivity (Wildman–Crippen MR) is 103 cm³/mol. The molecule has 142 valence electrons. The molecule has 1 saturated heterocycles. The Kier molecular flexibility index (Phi) is 6.38. The number of rotatable bonds is 8. The van der Waals surface area contributed by atoms with Crippen molar-refractivity contribution in [2.45, 2.75) is 44.6 Å². The van der Waals surface area contributed by atoms with E-state index in [0.717, 1.165) is 43.4 Å². The van der Waals surface area contributed by atoms with Crippen molar-refractivity contribution in [2.24, 2.45) is 5.92 Å². The monoisotopic (exact) mass is 358 g/mol. The third kappa shape index (κ3) is 4.89.